The molecule has 2 heterocycles. The maximum atomic E-state index is 12.0. The first-order valence-corrected chi connectivity index (χ1v) is 8.42. The van der Waals surface area contributed by atoms with Gasteiger partial charge in [-0.25, -0.2) is 0 Å². The maximum absolute atomic E-state index is 12.0. The average Bonchev–Trinajstić information content (AvgIpc) is 2.91. The number of hydrogen-bond donors (Lipinski definition) is 0. The molecule has 7 heteroatoms. The highest BCUT2D eigenvalue weighted by Crippen LogP contribution is 2.33. The summed E-state index contributed by atoms with van der Waals surface area (Å²) in [5, 5.41) is 0.368. The van der Waals surface area contributed by atoms with Crippen LogP contribution < -0.4 is 0 Å². The average molecular weight is 368 g/mol. The van der Waals surface area contributed by atoms with Gasteiger partial charge in [-0.3, -0.25) is 9.59 Å². The van der Waals surface area contributed by atoms with E-state index < -0.39 is 0 Å². The zero-order valence-electron chi connectivity index (χ0n) is 10.3. The van der Waals surface area contributed by atoms with Crippen molar-refractivity contribution >= 4 is 69.0 Å². The van der Waals surface area contributed by atoms with E-state index in [0.29, 0.717) is 23.4 Å². The molecule has 2 aromatic rings. The van der Waals surface area contributed by atoms with Crippen molar-refractivity contribution in [1.82, 2.24) is 0 Å². The zero-order chi connectivity index (χ0) is 14.9. The van der Waals surface area contributed by atoms with E-state index in [9.17, 15) is 9.59 Å². The Labute approximate surface area is 139 Å². The summed E-state index contributed by atoms with van der Waals surface area (Å²) < 4.78 is 0.999. The minimum Gasteiger partial charge on any atom is -0.293 e. The molecule has 2 rings (SSSR count). The number of rotatable bonds is 5. The third-order valence-electron chi connectivity index (χ3n) is 2.63. The molecule has 106 valence electrons. The van der Waals surface area contributed by atoms with Crippen LogP contribution in [0.2, 0.25) is 13.7 Å². The molecule has 0 aromatic carbocycles. The predicted octanol–water partition coefficient (Wildman–Crippen LogP) is 5.92. The molecule has 0 unspecified atom stereocenters. The summed E-state index contributed by atoms with van der Waals surface area (Å²) in [6, 6.07) is 3.28. The highest BCUT2D eigenvalue weighted by molar-refractivity contribution is 7.19. The van der Waals surface area contributed by atoms with Gasteiger partial charge in [0.2, 0.25) is 0 Å². The summed E-state index contributed by atoms with van der Waals surface area (Å²) in [7, 11) is 0. The third-order valence-corrected chi connectivity index (χ3v) is 6.13. The van der Waals surface area contributed by atoms with E-state index in [1.54, 1.807) is 6.07 Å². The molecule has 0 aliphatic carbocycles. The van der Waals surface area contributed by atoms with Crippen LogP contribution in [0, 0.1) is 6.92 Å². The summed E-state index contributed by atoms with van der Waals surface area (Å²) >= 11 is 19.9. The van der Waals surface area contributed by atoms with Gasteiger partial charge in [-0.1, -0.05) is 34.8 Å². The van der Waals surface area contributed by atoms with Crippen molar-refractivity contribution in [1.29, 1.82) is 0 Å². The SMILES string of the molecule is Cc1cc(C(=O)CCC(=O)c2cc(Cl)c(Cl)s2)sc1Cl. The van der Waals surface area contributed by atoms with Gasteiger partial charge in [0.25, 0.3) is 0 Å². The van der Waals surface area contributed by atoms with Gasteiger partial charge in [0.1, 0.15) is 4.34 Å². The highest BCUT2D eigenvalue weighted by Gasteiger charge is 2.16. The number of thiophene rings is 2. The van der Waals surface area contributed by atoms with Crippen LogP contribution in [0.4, 0.5) is 0 Å². The van der Waals surface area contributed by atoms with Crippen LogP contribution >= 0.6 is 57.5 Å². The smallest absolute Gasteiger partial charge is 0.173 e. The van der Waals surface area contributed by atoms with Crippen LogP contribution in [-0.2, 0) is 0 Å². The van der Waals surface area contributed by atoms with Crippen molar-refractivity contribution in [3.63, 3.8) is 0 Å². The van der Waals surface area contributed by atoms with Gasteiger partial charge in [0.15, 0.2) is 11.6 Å². The number of hydrogen-bond acceptors (Lipinski definition) is 4. The Bertz CT molecular complexity index is 576. The molecule has 2 nitrogen and oxygen atoms in total. The van der Waals surface area contributed by atoms with Crippen LogP contribution in [0.3, 0.4) is 0 Å². The molecular weight excluding hydrogens is 359 g/mol. The van der Waals surface area contributed by atoms with Gasteiger partial charge in [-0.2, -0.15) is 0 Å². The van der Waals surface area contributed by atoms with Crippen molar-refractivity contribution in [3.8, 4) is 0 Å². The van der Waals surface area contributed by atoms with Crippen molar-refractivity contribution in [2.24, 2.45) is 0 Å². The molecular formula is C13H9Cl3O2S2. The lowest BCUT2D eigenvalue weighted by Gasteiger charge is -1.97. The van der Waals surface area contributed by atoms with Crippen LogP contribution in [-0.4, -0.2) is 11.6 Å². The Morgan fingerprint density at radius 3 is 1.85 bits per heavy atom. The van der Waals surface area contributed by atoms with E-state index in [1.807, 2.05) is 6.92 Å². The fourth-order valence-electron chi connectivity index (χ4n) is 1.55. The van der Waals surface area contributed by atoms with Crippen molar-refractivity contribution in [2.75, 3.05) is 0 Å². The van der Waals surface area contributed by atoms with Gasteiger partial charge in [0.05, 0.1) is 19.1 Å². The van der Waals surface area contributed by atoms with Crippen LogP contribution in [0.1, 0.15) is 37.7 Å². The Kier molecular flexibility index (Phi) is 5.26. The maximum Gasteiger partial charge on any atom is 0.173 e. The summed E-state index contributed by atoms with van der Waals surface area (Å²) in [4.78, 5) is 25.0. The first kappa shape index (κ1) is 16.0. The van der Waals surface area contributed by atoms with Gasteiger partial charge in [-0.05, 0) is 24.6 Å². The van der Waals surface area contributed by atoms with Crippen molar-refractivity contribution < 1.29 is 9.59 Å². The molecule has 0 N–H and O–H groups in total. The number of ketones is 2. The van der Waals surface area contributed by atoms with E-state index in [4.69, 9.17) is 34.8 Å². The Morgan fingerprint density at radius 2 is 1.45 bits per heavy atom. The van der Waals surface area contributed by atoms with Gasteiger partial charge in [-0.15, -0.1) is 22.7 Å². The molecule has 0 aliphatic rings. The largest absolute Gasteiger partial charge is 0.293 e. The Balaban J connectivity index is 1.98. The molecule has 0 fully saturated rings. The second kappa shape index (κ2) is 6.58. The first-order valence-electron chi connectivity index (χ1n) is 5.65. The van der Waals surface area contributed by atoms with Gasteiger partial charge < -0.3 is 0 Å². The fourth-order valence-corrected chi connectivity index (χ4v) is 4.06. The molecule has 2 aromatic heterocycles. The van der Waals surface area contributed by atoms with Crippen LogP contribution in [0.25, 0.3) is 0 Å². The molecule has 0 saturated carbocycles. The lowest BCUT2D eigenvalue weighted by atomic mass is 10.1. The van der Waals surface area contributed by atoms with Crippen LogP contribution in [0.15, 0.2) is 12.1 Å². The van der Waals surface area contributed by atoms with E-state index in [2.05, 4.69) is 0 Å². The quantitative estimate of drug-likeness (QED) is 0.614. The van der Waals surface area contributed by atoms with Crippen LogP contribution in [0.5, 0.6) is 0 Å². The van der Waals surface area contributed by atoms with E-state index in [0.717, 1.165) is 16.9 Å². The fraction of sp³-hybridized carbons (Fsp3) is 0.231. The van der Waals surface area contributed by atoms with E-state index in [-0.39, 0.29) is 24.4 Å². The van der Waals surface area contributed by atoms with Crippen molar-refractivity contribution in [2.45, 2.75) is 19.8 Å². The molecule has 0 radical (unpaired) electrons. The lowest BCUT2D eigenvalue weighted by molar-refractivity contribution is 0.0921. The zero-order valence-corrected chi connectivity index (χ0v) is 14.2. The van der Waals surface area contributed by atoms with Gasteiger partial charge in [0, 0.05) is 12.8 Å². The third kappa shape index (κ3) is 3.62. The van der Waals surface area contributed by atoms with E-state index in [1.165, 1.54) is 17.4 Å². The molecule has 20 heavy (non-hydrogen) atoms. The Hall–Kier alpha value is -0.390. The molecule has 0 aliphatic heterocycles. The topological polar surface area (TPSA) is 34.1 Å². The second-order valence-corrected chi connectivity index (χ2v) is 7.86. The first-order chi connectivity index (χ1) is 9.38. The number of aryl methyl sites for hydroxylation is 1. The number of halogens is 3. The van der Waals surface area contributed by atoms with E-state index >= 15 is 0 Å². The molecule has 0 amide bonds. The second-order valence-electron chi connectivity index (χ2n) is 4.15. The minimum absolute atomic E-state index is 0.0768. The highest BCUT2D eigenvalue weighted by atomic mass is 35.5. The number of Topliss-reactive ketones (excluding diaryl/α,β-unsaturated/α-hetero) is 2. The molecule has 0 spiro atoms. The van der Waals surface area contributed by atoms with Crippen molar-refractivity contribution in [3.05, 3.63) is 41.1 Å². The number of carbonyl (C=O) groups excluding carboxylic acids is 2. The molecule has 0 atom stereocenters. The predicted molar refractivity (Wildman–Crippen MR) is 86.3 cm³/mol. The summed E-state index contributed by atoms with van der Waals surface area (Å²) in [5.74, 6) is -0.205. The Morgan fingerprint density at radius 1 is 0.950 bits per heavy atom. The summed E-state index contributed by atoms with van der Waals surface area (Å²) in [6.07, 6.45) is 0.294. The van der Waals surface area contributed by atoms with Gasteiger partial charge >= 0.3 is 0 Å². The number of carbonyl (C=O) groups is 2. The monoisotopic (exact) mass is 366 g/mol. The standard InChI is InChI=1S/C13H9Cl3O2S2/c1-6-4-10(19-12(6)15)8(17)2-3-9(18)11-5-7(14)13(16)20-11/h4-5H,2-3H2,1H3. The lowest BCUT2D eigenvalue weighted by Crippen LogP contribution is -2.02. The minimum atomic E-state index is -0.128. The summed E-state index contributed by atoms with van der Waals surface area (Å²) in [6.45, 7) is 1.84. The molecule has 0 saturated heterocycles. The molecule has 0 bridgehead atoms. The normalized spacial score (nSPS) is 10.8. The summed E-state index contributed by atoms with van der Waals surface area (Å²) in [5.41, 5.74) is 0.878.